The second kappa shape index (κ2) is 6.29. The van der Waals surface area contributed by atoms with E-state index in [1.807, 2.05) is 11.8 Å². The molecule has 0 bridgehead atoms. The van der Waals surface area contributed by atoms with Gasteiger partial charge >= 0.3 is 0 Å². The first-order valence-corrected chi connectivity index (χ1v) is 8.47. The Bertz CT molecular complexity index is 388. The van der Waals surface area contributed by atoms with Crippen LogP contribution in [-0.4, -0.2) is 11.3 Å². The number of rotatable bonds is 3. The van der Waals surface area contributed by atoms with Gasteiger partial charge in [0.15, 0.2) is 0 Å². The van der Waals surface area contributed by atoms with Crippen molar-refractivity contribution in [2.75, 3.05) is 0 Å². The van der Waals surface area contributed by atoms with E-state index < -0.39 is 0 Å². The average Bonchev–Trinajstić information content (AvgIpc) is 2.67. The molecule has 2 unspecified atom stereocenters. The SMILES string of the molecule is NNC(C1CCCCCC1)C1Cc2ccccc2S1. The monoisotopic (exact) mass is 276 g/mol. The highest BCUT2D eigenvalue weighted by molar-refractivity contribution is 8.00. The van der Waals surface area contributed by atoms with Gasteiger partial charge < -0.3 is 0 Å². The maximum Gasteiger partial charge on any atom is 0.0364 e. The van der Waals surface area contributed by atoms with Crippen molar-refractivity contribution in [3.63, 3.8) is 0 Å². The van der Waals surface area contributed by atoms with Crippen molar-refractivity contribution >= 4 is 11.8 Å². The molecule has 1 aliphatic carbocycles. The minimum atomic E-state index is 0.468. The van der Waals surface area contributed by atoms with Crippen molar-refractivity contribution in [2.45, 2.75) is 61.1 Å². The highest BCUT2D eigenvalue weighted by atomic mass is 32.2. The Morgan fingerprint density at radius 3 is 2.53 bits per heavy atom. The smallest absolute Gasteiger partial charge is 0.0364 e. The number of nitrogens with two attached hydrogens (primary N) is 1. The standard InChI is InChI=1S/C16H24N2S/c17-18-16(12-7-3-1-2-4-8-12)15-11-13-9-5-6-10-14(13)19-15/h5-6,9-10,12,15-16,18H,1-4,7-8,11,17H2. The molecule has 3 heteroatoms. The Morgan fingerprint density at radius 2 is 1.84 bits per heavy atom. The van der Waals surface area contributed by atoms with Crippen molar-refractivity contribution in [3.05, 3.63) is 29.8 Å². The minimum absolute atomic E-state index is 0.468. The van der Waals surface area contributed by atoms with Gasteiger partial charge in [-0.1, -0.05) is 43.9 Å². The van der Waals surface area contributed by atoms with Crippen LogP contribution in [0.3, 0.4) is 0 Å². The molecule has 1 aromatic rings. The van der Waals surface area contributed by atoms with Crippen molar-refractivity contribution in [2.24, 2.45) is 11.8 Å². The third-order valence-corrected chi connectivity index (χ3v) is 6.09. The fourth-order valence-electron chi connectivity index (χ4n) is 3.63. The maximum absolute atomic E-state index is 5.91. The van der Waals surface area contributed by atoms with Crippen LogP contribution in [0.2, 0.25) is 0 Å². The summed E-state index contributed by atoms with van der Waals surface area (Å²) in [5.74, 6) is 6.67. The van der Waals surface area contributed by atoms with E-state index in [1.165, 1.54) is 55.4 Å². The summed E-state index contributed by atoms with van der Waals surface area (Å²) < 4.78 is 0. The number of thioether (sulfide) groups is 1. The lowest BCUT2D eigenvalue weighted by molar-refractivity contribution is 0.315. The van der Waals surface area contributed by atoms with E-state index in [4.69, 9.17) is 5.84 Å². The van der Waals surface area contributed by atoms with Gasteiger partial charge in [0, 0.05) is 16.2 Å². The van der Waals surface area contributed by atoms with Crippen LogP contribution in [0.1, 0.15) is 44.1 Å². The zero-order valence-electron chi connectivity index (χ0n) is 11.5. The molecule has 19 heavy (non-hydrogen) atoms. The van der Waals surface area contributed by atoms with Gasteiger partial charge in [-0.3, -0.25) is 11.3 Å². The van der Waals surface area contributed by atoms with E-state index in [-0.39, 0.29) is 0 Å². The molecule has 3 N–H and O–H groups in total. The molecule has 2 atom stereocenters. The van der Waals surface area contributed by atoms with Crippen molar-refractivity contribution < 1.29 is 0 Å². The largest absolute Gasteiger partial charge is 0.271 e. The molecule has 1 aliphatic heterocycles. The van der Waals surface area contributed by atoms with Crippen LogP contribution in [0.5, 0.6) is 0 Å². The van der Waals surface area contributed by atoms with Crippen molar-refractivity contribution in [1.29, 1.82) is 0 Å². The van der Waals surface area contributed by atoms with E-state index in [2.05, 4.69) is 29.7 Å². The first-order valence-electron chi connectivity index (χ1n) is 7.59. The van der Waals surface area contributed by atoms with Crippen LogP contribution >= 0.6 is 11.8 Å². The fourth-order valence-corrected chi connectivity index (χ4v) is 5.12. The molecule has 0 aromatic heterocycles. The van der Waals surface area contributed by atoms with E-state index in [1.54, 1.807) is 0 Å². The lowest BCUT2D eigenvalue weighted by atomic mass is 9.88. The second-order valence-electron chi connectivity index (χ2n) is 5.91. The Hall–Kier alpha value is -0.510. The number of hydrogen-bond donors (Lipinski definition) is 2. The van der Waals surface area contributed by atoms with Crippen LogP contribution < -0.4 is 11.3 Å². The zero-order chi connectivity index (χ0) is 13.1. The first-order chi connectivity index (χ1) is 9.38. The molecule has 1 fully saturated rings. The number of hydrogen-bond acceptors (Lipinski definition) is 3. The summed E-state index contributed by atoms with van der Waals surface area (Å²) in [6.45, 7) is 0. The molecule has 0 amide bonds. The molecule has 0 radical (unpaired) electrons. The van der Waals surface area contributed by atoms with Crippen LogP contribution in [0, 0.1) is 5.92 Å². The Kier molecular flexibility index (Phi) is 4.46. The van der Waals surface area contributed by atoms with Crippen LogP contribution in [0.25, 0.3) is 0 Å². The summed E-state index contributed by atoms with van der Waals surface area (Å²) >= 11 is 2.03. The summed E-state index contributed by atoms with van der Waals surface area (Å²) in [5.41, 5.74) is 4.66. The molecule has 2 nitrogen and oxygen atoms in total. The molecule has 2 aliphatic rings. The van der Waals surface area contributed by atoms with Gasteiger partial charge in [0.1, 0.15) is 0 Å². The molecule has 0 saturated heterocycles. The summed E-state index contributed by atoms with van der Waals surface area (Å²) in [6, 6.07) is 9.28. The van der Waals surface area contributed by atoms with Crippen molar-refractivity contribution in [3.8, 4) is 0 Å². The van der Waals surface area contributed by atoms with Gasteiger partial charge in [-0.25, -0.2) is 0 Å². The van der Waals surface area contributed by atoms with Crippen LogP contribution in [-0.2, 0) is 6.42 Å². The van der Waals surface area contributed by atoms with Gasteiger partial charge in [-0.05, 0) is 36.8 Å². The Labute approximate surface area is 120 Å². The predicted octanol–water partition coefficient (Wildman–Crippen LogP) is 3.51. The fraction of sp³-hybridized carbons (Fsp3) is 0.625. The molecule has 1 aromatic carbocycles. The van der Waals surface area contributed by atoms with E-state index in [0.29, 0.717) is 11.3 Å². The predicted molar refractivity (Wildman–Crippen MR) is 82.1 cm³/mol. The molecular weight excluding hydrogens is 252 g/mol. The zero-order valence-corrected chi connectivity index (χ0v) is 12.3. The maximum atomic E-state index is 5.91. The highest BCUT2D eigenvalue weighted by Gasteiger charge is 2.33. The third kappa shape index (κ3) is 2.99. The van der Waals surface area contributed by atoms with Gasteiger partial charge in [0.05, 0.1) is 0 Å². The summed E-state index contributed by atoms with van der Waals surface area (Å²) in [6.07, 6.45) is 9.45. The quantitative estimate of drug-likeness (QED) is 0.504. The Balaban J connectivity index is 1.70. The topological polar surface area (TPSA) is 38.0 Å². The molecule has 0 spiro atoms. The number of benzene rings is 1. The van der Waals surface area contributed by atoms with E-state index in [9.17, 15) is 0 Å². The second-order valence-corrected chi connectivity index (χ2v) is 7.19. The van der Waals surface area contributed by atoms with Gasteiger partial charge in [0.2, 0.25) is 0 Å². The minimum Gasteiger partial charge on any atom is -0.271 e. The number of fused-ring (bicyclic) bond motifs is 1. The normalized spacial score (nSPS) is 25.8. The lowest BCUT2D eigenvalue weighted by Gasteiger charge is -2.30. The van der Waals surface area contributed by atoms with Crippen molar-refractivity contribution in [1.82, 2.24) is 5.43 Å². The highest BCUT2D eigenvalue weighted by Crippen LogP contribution is 2.41. The van der Waals surface area contributed by atoms with E-state index in [0.717, 1.165) is 5.92 Å². The number of hydrazine groups is 1. The molecule has 1 heterocycles. The van der Waals surface area contributed by atoms with Gasteiger partial charge in [-0.15, -0.1) is 11.8 Å². The molecule has 3 rings (SSSR count). The lowest BCUT2D eigenvalue weighted by Crippen LogP contribution is -2.47. The summed E-state index contributed by atoms with van der Waals surface area (Å²) in [4.78, 5) is 1.46. The molecular formula is C16H24N2S. The molecule has 104 valence electrons. The van der Waals surface area contributed by atoms with Crippen LogP contribution in [0.15, 0.2) is 29.2 Å². The van der Waals surface area contributed by atoms with Crippen LogP contribution in [0.4, 0.5) is 0 Å². The van der Waals surface area contributed by atoms with E-state index >= 15 is 0 Å². The first kappa shape index (κ1) is 13.5. The summed E-state index contributed by atoms with van der Waals surface area (Å²) in [7, 11) is 0. The number of nitrogens with one attached hydrogen (secondary N) is 1. The van der Waals surface area contributed by atoms with Gasteiger partial charge in [0.25, 0.3) is 0 Å². The van der Waals surface area contributed by atoms with Gasteiger partial charge in [-0.2, -0.15) is 0 Å². The molecule has 1 saturated carbocycles. The third-order valence-electron chi connectivity index (χ3n) is 4.67. The average molecular weight is 276 g/mol. The Morgan fingerprint density at radius 1 is 1.11 bits per heavy atom. The summed E-state index contributed by atoms with van der Waals surface area (Å²) in [5, 5.41) is 0.616.